The summed E-state index contributed by atoms with van der Waals surface area (Å²) < 4.78 is 70.3. The summed E-state index contributed by atoms with van der Waals surface area (Å²) in [5.41, 5.74) is -0.875. The summed E-state index contributed by atoms with van der Waals surface area (Å²) in [5, 5.41) is 0. The number of hydrogen-bond donors (Lipinski definition) is 1. The van der Waals surface area contributed by atoms with Crippen molar-refractivity contribution in [3.05, 3.63) is 29.8 Å². The molecule has 0 spiro atoms. The molecule has 1 saturated heterocycles. The maximum absolute atomic E-state index is 12.6. The molecular formula is C16H23F3N2O3S. The van der Waals surface area contributed by atoms with Crippen LogP contribution in [0.2, 0.25) is 0 Å². The molecule has 5 nitrogen and oxygen atoms in total. The van der Waals surface area contributed by atoms with Gasteiger partial charge in [-0.25, -0.2) is 13.1 Å². The molecule has 1 N–H and O–H groups in total. The first kappa shape index (κ1) is 20.2. The summed E-state index contributed by atoms with van der Waals surface area (Å²) in [7, 11) is -3.87. The molecule has 1 aliphatic heterocycles. The van der Waals surface area contributed by atoms with Crippen molar-refractivity contribution in [3.63, 3.8) is 0 Å². The molecule has 0 aliphatic carbocycles. The van der Waals surface area contributed by atoms with Crippen LogP contribution in [0.15, 0.2) is 29.2 Å². The van der Waals surface area contributed by atoms with E-state index >= 15 is 0 Å². The van der Waals surface area contributed by atoms with Gasteiger partial charge in [0.15, 0.2) is 0 Å². The van der Waals surface area contributed by atoms with E-state index in [0.717, 1.165) is 37.4 Å². The van der Waals surface area contributed by atoms with Crippen LogP contribution >= 0.6 is 0 Å². The van der Waals surface area contributed by atoms with Gasteiger partial charge in [0.05, 0.1) is 23.7 Å². The van der Waals surface area contributed by atoms with Crippen LogP contribution in [0.3, 0.4) is 0 Å². The zero-order valence-electron chi connectivity index (χ0n) is 14.2. The van der Waals surface area contributed by atoms with Gasteiger partial charge in [-0.05, 0) is 30.2 Å². The molecule has 1 aromatic carbocycles. The first-order valence-electron chi connectivity index (χ1n) is 8.10. The second-order valence-corrected chi connectivity index (χ2v) is 8.10. The van der Waals surface area contributed by atoms with Crippen molar-refractivity contribution in [2.24, 2.45) is 5.92 Å². The molecule has 0 aromatic heterocycles. The van der Waals surface area contributed by atoms with E-state index in [1.54, 1.807) is 0 Å². The summed E-state index contributed by atoms with van der Waals surface area (Å²) in [4.78, 5) is 1.99. The van der Waals surface area contributed by atoms with Gasteiger partial charge in [-0.15, -0.1) is 0 Å². The Kier molecular flexibility index (Phi) is 6.47. The topological polar surface area (TPSA) is 58.6 Å². The van der Waals surface area contributed by atoms with Crippen LogP contribution in [0.4, 0.5) is 13.2 Å². The Balaban J connectivity index is 2.06. The highest BCUT2D eigenvalue weighted by atomic mass is 32.2. The second kappa shape index (κ2) is 8.03. The van der Waals surface area contributed by atoms with Crippen molar-refractivity contribution < 1.29 is 26.3 Å². The number of hydrogen-bond acceptors (Lipinski definition) is 4. The largest absolute Gasteiger partial charge is 0.416 e. The Morgan fingerprint density at radius 3 is 2.20 bits per heavy atom. The van der Waals surface area contributed by atoms with Gasteiger partial charge < -0.3 is 4.74 Å². The maximum atomic E-state index is 12.6. The zero-order valence-corrected chi connectivity index (χ0v) is 15.0. The number of nitrogens with one attached hydrogen (secondary N) is 1. The number of sulfonamides is 1. The molecule has 142 valence electrons. The van der Waals surface area contributed by atoms with Crippen molar-refractivity contribution in [3.8, 4) is 0 Å². The number of alkyl halides is 3. The Labute approximate surface area is 146 Å². The van der Waals surface area contributed by atoms with Gasteiger partial charge >= 0.3 is 6.18 Å². The van der Waals surface area contributed by atoms with Crippen LogP contribution in [0.5, 0.6) is 0 Å². The SMILES string of the molecule is CC(C)C(CNS(=O)(=O)c1ccc(C(F)(F)F)cc1)N1CCOCC1. The lowest BCUT2D eigenvalue weighted by atomic mass is 10.0. The number of benzene rings is 1. The van der Waals surface area contributed by atoms with E-state index in [1.807, 2.05) is 13.8 Å². The first-order valence-corrected chi connectivity index (χ1v) is 9.58. The maximum Gasteiger partial charge on any atom is 0.416 e. The van der Waals surface area contributed by atoms with E-state index in [4.69, 9.17) is 4.74 Å². The zero-order chi connectivity index (χ0) is 18.7. The van der Waals surface area contributed by atoms with Crippen molar-refractivity contribution in [1.29, 1.82) is 0 Å². The minimum Gasteiger partial charge on any atom is -0.379 e. The number of morpholine rings is 1. The van der Waals surface area contributed by atoms with Crippen LogP contribution < -0.4 is 4.72 Å². The van der Waals surface area contributed by atoms with Crippen molar-refractivity contribution in [2.75, 3.05) is 32.8 Å². The molecule has 0 bridgehead atoms. The summed E-state index contributed by atoms with van der Waals surface area (Å²) in [6.45, 7) is 6.87. The third kappa shape index (κ3) is 5.40. The van der Waals surface area contributed by atoms with Gasteiger partial charge in [0.1, 0.15) is 0 Å². The van der Waals surface area contributed by atoms with Gasteiger partial charge in [0.25, 0.3) is 0 Å². The number of halogens is 3. The summed E-state index contributed by atoms with van der Waals surface area (Å²) in [5.74, 6) is 0.216. The summed E-state index contributed by atoms with van der Waals surface area (Å²) in [6, 6.07) is 3.50. The molecule has 1 heterocycles. The van der Waals surface area contributed by atoms with E-state index in [-0.39, 0.29) is 23.4 Å². The summed E-state index contributed by atoms with van der Waals surface area (Å²) >= 11 is 0. The smallest absolute Gasteiger partial charge is 0.379 e. The second-order valence-electron chi connectivity index (χ2n) is 6.33. The monoisotopic (exact) mass is 380 g/mol. The van der Waals surface area contributed by atoms with E-state index in [2.05, 4.69) is 9.62 Å². The molecule has 1 aliphatic rings. The van der Waals surface area contributed by atoms with Crippen LogP contribution in [0, 0.1) is 5.92 Å². The minimum absolute atomic E-state index is 0.00637. The average molecular weight is 380 g/mol. The van der Waals surface area contributed by atoms with Gasteiger partial charge in [0.2, 0.25) is 10.0 Å². The lowest BCUT2D eigenvalue weighted by Crippen LogP contribution is -2.51. The molecule has 0 amide bonds. The molecule has 1 fully saturated rings. The fraction of sp³-hybridized carbons (Fsp3) is 0.625. The van der Waals surface area contributed by atoms with Crippen LogP contribution in [-0.4, -0.2) is 52.2 Å². The number of ether oxygens (including phenoxy) is 1. The van der Waals surface area contributed by atoms with Gasteiger partial charge in [0, 0.05) is 25.7 Å². The first-order chi connectivity index (χ1) is 11.6. The van der Waals surface area contributed by atoms with Crippen LogP contribution in [0.1, 0.15) is 19.4 Å². The van der Waals surface area contributed by atoms with E-state index in [9.17, 15) is 21.6 Å². The normalized spacial score (nSPS) is 18.5. The molecule has 1 aromatic rings. The highest BCUT2D eigenvalue weighted by Gasteiger charge is 2.31. The van der Waals surface area contributed by atoms with Gasteiger partial charge in [-0.3, -0.25) is 4.90 Å². The predicted octanol–water partition coefficient (Wildman–Crippen LogP) is 2.34. The number of rotatable bonds is 6. The summed E-state index contributed by atoms with van der Waals surface area (Å²) in [6.07, 6.45) is -4.49. The van der Waals surface area contributed by atoms with Crippen molar-refractivity contribution in [1.82, 2.24) is 9.62 Å². The Hall–Kier alpha value is -1.16. The lowest BCUT2D eigenvalue weighted by molar-refractivity contribution is -0.137. The van der Waals surface area contributed by atoms with E-state index < -0.39 is 21.8 Å². The lowest BCUT2D eigenvalue weighted by Gasteiger charge is -2.36. The fourth-order valence-corrected chi connectivity index (χ4v) is 3.85. The highest BCUT2D eigenvalue weighted by molar-refractivity contribution is 7.89. The molecule has 1 unspecified atom stereocenters. The quantitative estimate of drug-likeness (QED) is 0.823. The Morgan fingerprint density at radius 2 is 1.72 bits per heavy atom. The molecular weight excluding hydrogens is 357 g/mol. The third-order valence-corrected chi connectivity index (χ3v) is 5.70. The predicted molar refractivity (Wildman–Crippen MR) is 87.7 cm³/mol. The van der Waals surface area contributed by atoms with Crippen molar-refractivity contribution in [2.45, 2.75) is 31.0 Å². The Bertz CT molecular complexity index is 654. The molecule has 9 heteroatoms. The average Bonchev–Trinajstić information content (AvgIpc) is 2.55. The minimum atomic E-state index is -4.49. The standard InChI is InChI=1S/C16H23F3N2O3S/c1-12(2)15(21-7-9-24-10-8-21)11-20-25(22,23)14-5-3-13(4-6-14)16(17,18)19/h3-6,12,15,20H,7-11H2,1-2H3. The number of nitrogens with zero attached hydrogens (tertiary/aromatic N) is 1. The van der Waals surface area contributed by atoms with E-state index in [1.165, 1.54) is 0 Å². The fourth-order valence-electron chi connectivity index (χ4n) is 2.80. The van der Waals surface area contributed by atoms with Crippen LogP contribution in [0.25, 0.3) is 0 Å². The Morgan fingerprint density at radius 1 is 1.16 bits per heavy atom. The van der Waals surface area contributed by atoms with Gasteiger partial charge in [-0.1, -0.05) is 13.8 Å². The van der Waals surface area contributed by atoms with Crippen molar-refractivity contribution >= 4 is 10.0 Å². The molecule has 25 heavy (non-hydrogen) atoms. The highest BCUT2D eigenvalue weighted by Crippen LogP contribution is 2.29. The van der Waals surface area contributed by atoms with E-state index in [0.29, 0.717) is 13.2 Å². The van der Waals surface area contributed by atoms with Gasteiger partial charge in [-0.2, -0.15) is 13.2 Å². The molecule has 0 saturated carbocycles. The van der Waals surface area contributed by atoms with Crippen LogP contribution in [-0.2, 0) is 20.9 Å². The molecule has 2 rings (SSSR count). The molecule has 0 radical (unpaired) electrons. The molecule has 1 atom stereocenters. The third-order valence-electron chi connectivity index (χ3n) is 4.26.